The van der Waals surface area contributed by atoms with E-state index in [-0.39, 0.29) is 17.3 Å². The lowest BCUT2D eigenvalue weighted by atomic mass is 10.2. The van der Waals surface area contributed by atoms with Gasteiger partial charge < -0.3 is 10.1 Å². The number of nitrogens with zero attached hydrogens (tertiary/aromatic N) is 3. The first-order valence-corrected chi connectivity index (χ1v) is 9.95. The Morgan fingerprint density at radius 3 is 2.79 bits per heavy atom. The number of rotatable bonds is 4. The minimum atomic E-state index is -0.505. The Balaban J connectivity index is 1.75. The number of fused-ring (bicyclic) bond motifs is 1. The van der Waals surface area contributed by atoms with Crippen LogP contribution < -0.4 is 10.6 Å². The molecular formula is C17H13N5O3S3. The minimum absolute atomic E-state index is 0.00894. The molecule has 1 aromatic carbocycles. The van der Waals surface area contributed by atoms with E-state index in [4.69, 9.17) is 17.0 Å². The van der Waals surface area contributed by atoms with E-state index in [1.807, 2.05) is 6.07 Å². The van der Waals surface area contributed by atoms with Gasteiger partial charge in [0.05, 0.1) is 23.9 Å². The zero-order valence-electron chi connectivity index (χ0n) is 14.7. The highest BCUT2D eigenvalue weighted by atomic mass is 32.1. The molecule has 0 radical (unpaired) electrons. The van der Waals surface area contributed by atoms with Crippen LogP contribution in [-0.4, -0.2) is 32.3 Å². The lowest BCUT2D eigenvalue weighted by Gasteiger charge is -2.08. The summed E-state index contributed by atoms with van der Waals surface area (Å²) in [5.74, 6) is -0.931. The van der Waals surface area contributed by atoms with E-state index in [1.165, 1.54) is 0 Å². The maximum absolute atomic E-state index is 12.4. The Morgan fingerprint density at radius 1 is 1.32 bits per heavy atom. The largest absolute Gasteiger partial charge is 0.462 e. The van der Waals surface area contributed by atoms with Crippen LogP contribution in [0.15, 0.2) is 18.2 Å². The molecule has 0 saturated carbocycles. The Morgan fingerprint density at radius 2 is 2.07 bits per heavy atom. The number of ether oxygens (including phenoxy) is 1. The van der Waals surface area contributed by atoms with Crippen molar-refractivity contribution in [3.05, 3.63) is 39.8 Å². The number of esters is 1. The fourth-order valence-electron chi connectivity index (χ4n) is 2.36. The van der Waals surface area contributed by atoms with Crippen LogP contribution >= 0.6 is 35.3 Å². The van der Waals surface area contributed by atoms with Gasteiger partial charge in [-0.2, -0.15) is 14.0 Å². The molecule has 3 rings (SSSR count). The van der Waals surface area contributed by atoms with Gasteiger partial charge in [0.1, 0.15) is 27.0 Å². The number of thiophene rings is 1. The van der Waals surface area contributed by atoms with Crippen LogP contribution in [0.25, 0.3) is 11.0 Å². The normalized spacial score (nSPS) is 10.3. The van der Waals surface area contributed by atoms with Gasteiger partial charge in [-0.25, -0.2) is 4.79 Å². The van der Waals surface area contributed by atoms with Crippen molar-refractivity contribution in [3.63, 3.8) is 0 Å². The molecule has 0 atom stereocenters. The van der Waals surface area contributed by atoms with Gasteiger partial charge in [0, 0.05) is 5.56 Å². The molecule has 0 unspecified atom stereocenters. The molecule has 0 aliphatic carbocycles. The van der Waals surface area contributed by atoms with Crippen molar-refractivity contribution in [2.45, 2.75) is 13.8 Å². The summed E-state index contributed by atoms with van der Waals surface area (Å²) in [6.07, 6.45) is 0. The molecule has 1 amide bonds. The molecule has 0 spiro atoms. The van der Waals surface area contributed by atoms with Crippen LogP contribution in [0, 0.1) is 18.3 Å². The molecule has 2 heterocycles. The van der Waals surface area contributed by atoms with E-state index in [0.717, 1.165) is 23.1 Å². The minimum Gasteiger partial charge on any atom is -0.462 e. The molecule has 0 aliphatic rings. The second kappa shape index (κ2) is 8.39. The van der Waals surface area contributed by atoms with Crippen molar-refractivity contribution in [2.24, 2.45) is 0 Å². The fraction of sp³-hybridized carbons (Fsp3) is 0.176. The highest BCUT2D eigenvalue weighted by molar-refractivity contribution is 7.80. The van der Waals surface area contributed by atoms with Crippen molar-refractivity contribution < 1.29 is 14.3 Å². The van der Waals surface area contributed by atoms with Crippen LogP contribution in [0.1, 0.15) is 38.1 Å². The second-order valence-corrected chi connectivity index (χ2v) is 7.43. The maximum Gasteiger partial charge on any atom is 0.348 e. The van der Waals surface area contributed by atoms with Crippen molar-refractivity contribution in [2.75, 3.05) is 11.9 Å². The van der Waals surface area contributed by atoms with Gasteiger partial charge in [-0.15, -0.1) is 11.3 Å². The molecular weight excluding hydrogens is 418 g/mol. The predicted octanol–water partition coefficient (Wildman–Crippen LogP) is 3.24. The average molecular weight is 432 g/mol. The Labute approximate surface area is 173 Å². The van der Waals surface area contributed by atoms with Crippen LogP contribution in [0.3, 0.4) is 0 Å². The summed E-state index contributed by atoms with van der Waals surface area (Å²) >= 11 is 7.30. The van der Waals surface area contributed by atoms with Crippen molar-refractivity contribution in [1.29, 1.82) is 5.26 Å². The fourth-order valence-corrected chi connectivity index (χ4v) is 4.19. The summed E-state index contributed by atoms with van der Waals surface area (Å²) < 4.78 is 13.2. The zero-order valence-corrected chi connectivity index (χ0v) is 17.2. The highest BCUT2D eigenvalue weighted by Gasteiger charge is 2.22. The maximum atomic E-state index is 12.4. The van der Waals surface area contributed by atoms with Crippen molar-refractivity contribution in [1.82, 2.24) is 14.1 Å². The van der Waals surface area contributed by atoms with E-state index >= 15 is 0 Å². The number of carbonyl (C=O) groups is 2. The van der Waals surface area contributed by atoms with Crippen LogP contribution in [-0.2, 0) is 4.74 Å². The van der Waals surface area contributed by atoms with E-state index in [9.17, 15) is 14.9 Å². The molecule has 0 bridgehead atoms. The molecule has 3 aromatic rings. The molecule has 2 aromatic heterocycles. The average Bonchev–Trinajstić information content (AvgIpc) is 3.25. The predicted molar refractivity (Wildman–Crippen MR) is 111 cm³/mol. The smallest absolute Gasteiger partial charge is 0.348 e. The van der Waals surface area contributed by atoms with Gasteiger partial charge in [-0.05, 0) is 49.8 Å². The third-order valence-electron chi connectivity index (χ3n) is 3.69. The molecule has 2 N–H and O–H groups in total. The Bertz CT molecular complexity index is 1130. The van der Waals surface area contributed by atoms with Gasteiger partial charge in [0.2, 0.25) is 0 Å². The summed E-state index contributed by atoms with van der Waals surface area (Å²) in [6, 6.07) is 6.98. The van der Waals surface area contributed by atoms with E-state index < -0.39 is 11.9 Å². The summed E-state index contributed by atoms with van der Waals surface area (Å²) in [5, 5.41) is 15.1. The third kappa shape index (κ3) is 3.99. The number of hydrogen-bond donors (Lipinski definition) is 2. The lowest BCUT2D eigenvalue weighted by Crippen LogP contribution is -2.34. The molecule has 8 nitrogen and oxygen atoms in total. The Hall–Kier alpha value is -2.94. The number of carbonyl (C=O) groups excluding carboxylic acids is 2. The number of nitriles is 1. The third-order valence-corrected chi connectivity index (χ3v) is 5.64. The number of thiocarbonyl (C=S) groups is 1. The van der Waals surface area contributed by atoms with Crippen LogP contribution in [0.2, 0.25) is 0 Å². The van der Waals surface area contributed by atoms with Gasteiger partial charge in [0.15, 0.2) is 5.11 Å². The molecule has 0 aliphatic heterocycles. The van der Waals surface area contributed by atoms with Crippen molar-refractivity contribution in [3.8, 4) is 6.07 Å². The first-order chi connectivity index (χ1) is 13.4. The quantitative estimate of drug-likeness (QED) is 0.478. The number of aromatic nitrogens is 2. The number of hydrogen-bond acceptors (Lipinski definition) is 9. The van der Waals surface area contributed by atoms with E-state index in [1.54, 1.807) is 32.0 Å². The van der Waals surface area contributed by atoms with Gasteiger partial charge in [-0.3, -0.25) is 10.1 Å². The summed E-state index contributed by atoms with van der Waals surface area (Å²) in [4.78, 5) is 24.7. The standard InChI is InChI=1S/C17H13N5O3S3/c1-3-25-16(24)13-8(2)10(7-18)15(27-13)20-17(26)19-14(23)9-4-5-11-12(6-9)22-28-21-11/h4-6H,3H2,1-2H3,(H2,19,20,23,26). The van der Waals surface area contributed by atoms with Crippen LogP contribution in [0.4, 0.5) is 5.00 Å². The first kappa shape index (κ1) is 19.8. The van der Waals surface area contributed by atoms with Gasteiger partial charge in [-0.1, -0.05) is 0 Å². The molecule has 11 heteroatoms. The SMILES string of the molecule is CCOC(=O)c1sc(NC(=S)NC(=O)c2ccc3nsnc3c2)c(C#N)c1C. The zero-order chi connectivity index (χ0) is 20.3. The van der Waals surface area contributed by atoms with Gasteiger partial charge >= 0.3 is 5.97 Å². The second-order valence-electron chi connectivity index (χ2n) is 5.47. The summed E-state index contributed by atoms with van der Waals surface area (Å²) in [5.41, 5.74) is 2.49. The first-order valence-electron chi connectivity index (χ1n) is 7.99. The summed E-state index contributed by atoms with van der Waals surface area (Å²) in [7, 11) is 0. The number of nitrogens with one attached hydrogen (secondary N) is 2. The van der Waals surface area contributed by atoms with Crippen molar-refractivity contribution >= 4 is 68.3 Å². The lowest BCUT2D eigenvalue weighted by molar-refractivity contribution is 0.0531. The highest BCUT2D eigenvalue weighted by Crippen LogP contribution is 2.33. The monoisotopic (exact) mass is 431 g/mol. The number of benzene rings is 1. The number of anilines is 1. The van der Waals surface area contributed by atoms with Crippen LogP contribution in [0.5, 0.6) is 0 Å². The van der Waals surface area contributed by atoms with E-state index in [0.29, 0.717) is 32.0 Å². The molecule has 0 fully saturated rings. The van der Waals surface area contributed by atoms with E-state index in [2.05, 4.69) is 19.4 Å². The topological polar surface area (TPSA) is 117 Å². The molecule has 28 heavy (non-hydrogen) atoms. The van der Waals surface area contributed by atoms with Gasteiger partial charge in [0.25, 0.3) is 5.91 Å². The number of amides is 1. The molecule has 0 saturated heterocycles. The molecule has 142 valence electrons. The summed E-state index contributed by atoms with van der Waals surface area (Å²) in [6.45, 7) is 3.59. The Kier molecular flexibility index (Phi) is 5.93.